The maximum atomic E-state index is 11.2. The molecule has 15 heavy (non-hydrogen) atoms. The lowest BCUT2D eigenvalue weighted by Crippen LogP contribution is -2.28. The van der Waals surface area contributed by atoms with Crippen molar-refractivity contribution < 1.29 is 9.53 Å². The van der Waals surface area contributed by atoms with Crippen molar-refractivity contribution in [2.75, 3.05) is 13.1 Å². The number of ether oxygens (including phenoxy) is 1. The Hall–Kier alpha value is -1.07. The van der Waals surface area contributed by atoms with Crippen LogP contribution in [0.4, 0.5) is 4.79 Å². The molecule has 1 aromatic rings. The molecule has 0 fully saturated rings. The summed E-state index contributed by atoms with van der Waals surface area (Å²) in [5.74, 6) is 0.503. The van der Waals surface area contributed by atoms with Crippen LogP contribution in [-0.2, 0) is 0 Å². The van der Waals surface area contributed by atoms with E-state index in [-0.39, 0.29) is 0 Å². The van der Waals surface area contributed by atoms with Gasteiger partial charge in [-0.05, 0) is 41.0 Å². The van der Waals surface area contributed by atoms with E-state index in [0.29, 0.717) is 18.8 Å². The third kappa shape index (κ3) is 4.31. The van der Waals surface area contributed by atoms with E-state index in [1.54, 1.807) is 12.1 Å². The number of nitrogens with one attached hydrogen (secondary N) is 1. The summed E-state index contributed by atoms with van der Waals surface area (Å²) in [5, 5.41) is 2.60. The number of halogens is 1. The maximum Gasteiger partial charge on any atom is 0.412 e. The molecule has 0 aliphatic carbocycles. The van der Waals surface area contributed by atoms with Crippen LogP contribution in [0.15, 0.2) is 28.7 Å². The van der Waals surface area contributed by atoms with Crippen LogP contribution in [0.25, 0.3) is 0 Å². The van der Waals surface area contributed by atoms with Gasteiger partial charge >= 0.3 is 6.09 Å². The average molecular weight is 273 g/mol. The lowest BCUT2D eigenvalue weighted by molar-refractivity contribution is 0.200. The molecule has 0 heterocycles. The SMILES string of the molecule is NCCCNC(=O)Oc1ccccc1Br. The molecule has 1 rings (SSSR count). The van der Waals surface area contributed by atoms with Gasteiger partial charge in [0.25, 0.3) is 0 Å². The normalized spacial score (nSPS) is 9.73. The summed E-state index contributed by atoms with van der Waals surface area (Å²) in [5.41, 5.74) is 5.29. The van der Waals surface area contributed by atoms with Gasteiger partial charge in [0.1, 0.15) is 5.75 Å². The van der Waals surface area contributed by atoms with Crippen LogP contribution in [0, 0.1) is 0 Å². The highest BCUT2D eigenvalue weighted by molar-refractivity contribution is 9.10. The number of para-hydroxylation sites is 1. The molecule has 1 amide bonds. The van der Waals surface area contributed by atoms with Crippen LogP contribution in [0.1, 0.15) is 6.42 Å². The summed E-state index contributed by atoms with van der Waals surface area (Å²) < 4.78 is 5.80. The predicted molar refractivity (Wildman–Crippen MR) is 61.8 cm³/mol. The molecule has 3 N–H and O–H groups in total. The molecular formula is C10H13BrN2O2. The van der Waals surface area contributed by atoms with Crippen molar-refractivity contribution in [1.29, 1.82) is 0 Å². The molecule has 0 aliphatic heterocycles. The van der Waals surface area contributed by atoms with Crippen molar-refractivity contribution in [3.8, 4) is 5.75 Å². The van der Waals surface area contributed by atoms with Crippen LogP contribution in [0.2, 0.25) is 0 Å². The number of hydrogen-bond acceptors (Lipinski definition) is 3. The summed E-state index contributed by atoms with van der Waals surface area (Å²) in [6.45, 7) is 1.08. The molecule has 4 nitrogen and oxygen atoms in total. The number of carbonyl (C=O) groups excluding carboxylic acids is 1. The third-order valence-electron chi connectivity index (χ3n) is 1.69. The summed E-state index contributed by atoms with van der Waals surface area (Å²) in [6, 6.07) is 7.17. The van der Waals surface area contributed by atoms with Gasteiger partial charge in [-0.15, -0.1) is 0 Å². The number of nitrogens with two attached hydrogens (primary N) is 1. The Morgan fingerprint density at radius 3 is 2.87 bits per heavy atom. The van der Waals surface area contributed by atoms with Gasteiger partial charge in [-0.3, -0.25) is 0 Å². The Morgan fingerprint density at radius 1 is 1.47 bits per heavy atom. The number of hydrogen-bond donors (Lipinski definition) is 2. The van der Waals surface area contributed by atoms with E-state index in [2.05, 4.69) is 21.2 Å². The average Bonchev–Trinajstić information content (AvgIpc) is 2.22. The first kappa shape index (κ1) is 12.0. The molecule has 0 aromatic heterocycles. The Morgan fingerprint density at radius 2 is 2.20 bits per heavy atom. The van der Waals surface area contributed by atoms with E-state index in [4.69, 9.17) is 10.5 Å². The molecule has 0 saturated carbocycles. The highest BCUT2D eigenvalue weighted by Crippen LogP contribution is 2.23. The van der Waals surface area contributed by atoms with Crippen LogP contribution < -0.4 is 15.8 Å². The topological polar surface area (TPSA) is 64.3 Å². The zero-order valence-electron chi connectivity index (χ0n) is 8.20. The van der Waals surface area contributed by atoms with Gasteiger partial charge in [0, 0.05) is 6.54 Å². The third-order valence-corrected chi connectivity index (χ3v) is 2.34. The largest absolute Gasteiger partial charge is 0.412 e. The number of carbonyl (C=O) groups is 1. The quantitative estimate of drug-likeness (QED) is 0.823. The van der Waals surface area contributed by atoms with Gasteiger partial charge in [-0.2, -0.15) is 0 Å². The Balaban J connectivity index is 2.41. The van der Waals surface area contributed by atoms with E-state index in [1.165, 1.54) is 0 Å². The zero-order chi connectivity index (χ0) is 11.1. The number of amides is 1. The summed E-state index contributed by atoms with van der Waals surface area (Å²) in [4.78, 5) is 11.2. The second kappa shape index (κ2) is 6.42. The molecule has 0 bridgehead atoms. The molecular weight excluding hydrogens is 260 g/mol. The van der Waals surface area contributed by atoms with E-state index in [0.717, 1.165) is 10.9 Å². The van der Waals surface area contributed by atoms with Crippen molar-refractivity contribution in [3.05, 3.63) is 28.7 Å². The molecule has 0 saturated heterocycles. The molecule has 0 atom stereocenters. The second-order valence-corrected chi connectivity index (χ2v) is 3.74. The lowest BCUT2D eigenvalue weighted by atomic mass is 10.3. The van der Waals surface area contributed by atoms with Crippen molar-refractivity contribution in [2.45, 2.75) is 6.42 Å². The standard InChI is InChI=1S/C10H13BrN2O2/c11-8-4-1-2-5-9(8)15-10(14)13-7-3-6-12/h1-2,4-5H,3,6-7,12H2,(H,13,14). The minimum atomic E-state index is -0.463. The summed E-state index contributed by atoms with van der Waals surface area (Å²) in [7, 11) is 0. The molecule has 82 valence electrons. The van der Waals surface area contributed by atoms with Crippen molar-refractivity contribution in [1.82, 2.24) is 5.32 Å². The molecule has 0 unspecified atom stereocenters. The van der Waals surface area contributed by atoms with Crippen LogP contribution in [0.3, 0.4) is 0 Å². The Kier molecular flexibility index (Phi) is 5.14. The van der Waals surface area contributed by atoms with Crippen molar-refractivity contribution in [2.24, 2.45) is 5.73 Å². The smallest absolute Gasteiger partial charge is 0.409 e. The number of rotatable bonds is 4. The molecule has 1 aromatic carbocycles. The first-order valence-electron chi connectivity index (χ1n) is 4.64. The molecule has 0 aliphatic rings. The fraction of sp³-hybridized carbons (Fsp3) is 0.300. The first-order chi connectivity index (χ1) is 7.24. The van der Waals surface area contributed by atoms with Gasteiger partial charge in [0.2, 0.25) is 0 Å². The monoisotopic (exact) mass is 272 g/mol. The van der Waals surface area contributed by atoms with E-state index >= 15 is 0 Å². The van der Waals surface area contributed by atoms with Crippen molar-refractivity contribution >= 4 is 22.0 Å². The van der Waals surface area contributed by atoms with Gasteiger partial charge in [-0.1, -0.05) is 12.1 Å². The minimum absolute atomic E-state index is 0.463. The van der Waals surface area contributed by atoms with Crippen molar-refractivity contribution in [3.63, 3.8) is 0 Å². The molecule has 0 spiro atoms. The second-order valence-electron chi connectivity index (χ2n) is 2.89. The van der Waals surface area contributed by atoms with E-state index in [1.807, 2.05) is 12.1 Å². The zero-order valence-corrected chi connectivity index (χ0v) is 9.79. The molecule has 5 heteroatoms. The van der Waals surface area contributed by atoms with Gasteiger partial charge in [0.05, 0.1) is 4.47 Å². The predicted octanol–water partition coefficient (Wildman–Crippen LogP) is 1.89. The first-order valence-corrected chi connectivity index (χ1v) is 5.43. The summed E-state index contributed by atoms with van der Waals surface area (Å²) >= 11 is 3.28. The Labute approximate surface area is 96.9 Å². The fourth-order valence-corrected chi connectivity index (χ4v) is 1.32. The van der Waals surface area contributed by atoms with Crippen LogP contribution >= 0.6 is 15.9 Å². The highest BCUT2D eigenvalue weighted by atomic mass is 79.9. The van der Waals surface area contributed by atoms with Crippen LogP contribution in [0.5, 0.6) is 5.75 Å². The van der Waals surface area contributed by atoms with E-state index < -0.39 is 6.09 Å². The van der Waals surface area contributed by atoms with Gasteiger partial charge in [-0.25, -0.2) is 4.79 Å². The fourth-order valence-electron chi connectivity index (χ4n) is 0.956. The summed E-state index contributed by atoms with van der Waals surface area (Å²) in [6.07, 6.45) is 0.278. The lowest BCUT2D eigenvalue weighted by Gasteiger charge is -2.06. The van der Waals surface area contributed by atoms with Gasteiger partial charge < -0.3 is 15.8 Å². The van der Waals surface area contributed by atoms with Gasteiger partial charge in [0.15, 0.2) is 0 Å². The maximum absolute atomic E-state index is 11.2. The number of benzene rings is 1. The van der Waals surface area contributed by atoms with Crippen LogP contribution in [-0.4, -0.2) is 19.2 Å². The minimum Gasteiger partial charge on any atom is -0.409 e. The van der Waals surface area contributed by atoms with E-state index in [9.17, 15) is 4.79 Å². The highest BCUT2D eigenvalue weighted by Gasteiger charge is 2.05. The Bertz CT molecular complexity index is 331. The molecule has 0 radical (unpaired) electrons.